The summed E-state index contributed by atoms with van der Waals surface area (Å²) >= 11 is 0. The van der Waals surface area contributed by atoms with E-state index in [4.69, 9.17) is 9.47 Å². The van der Waals surface area contributed by atoms with Crippen LogP contribution in [-0.2, 0) is 12.1 Å². The summed E-state index contributed by atoms with van der Waals surface area (Å²) in [6, 6.07) is 16.3. The third-order valence-corrected chi connectivity index (χ3v) is 5.78. The molecule has 0 amide bonds. The second-order valence-corrected chi connectivity index (χ2v) is 7.51. The summed E-state index contributed by atoms with van der Waals surface area (Å²) in [6.45, 7) is 0.745. The van der Waals surface area contributed by atoms with Crippen LogP contribution in [-0.4, -0.2) is 24.2 Å². The Hall–Kier alpha value is -2.92. The van der Waals surface area contributed by atoms with Crippen molar-refractivity contribution < 1.29 is 9.47 Å². The van der Waals surface area contributed by atoms with E-state index in [0.29, 0.717) is 0 Å². The highest BCUT2D eigenvalue weighted by atomic mass is 16.5. The van der Waals surface area contributed by atoms with Gasteiger partial charge in [-0.15, -0.1) is 0 Å². The summed E-state index contributed by atoms with van der Waals surface area (Å²) in [5.74, 6) is 2.45. The molecule has 1 aromatic heterocycles. The Labute approximate surface area is 172 Å². The van der Waals surface area contributed by atoms with Crippen LogP contribution < -0.4 is 14.8 Å². The molecule has 0 unspecified atom stereocenters. The van der Waals surface area contributed by atoms with Gasteiger partial charge in [0.25, 0.3) is 0 Å². The van der Waals surface area contributed by atoms with Crippen LogP contribution in [0, 0.1) is 0 Å². The Kier molecular flexibility index (Phi) is 5.76. The van der Waals surface area contributed by atoms with Gasteiger partial charge in [-0.05, 0) is 54.8 Å². The van der Waals surface area contributed by atoms with E-state index in [1.807, 2.05) is 48.8 Å². The zero-order valence-corrected chi connectivity index (χ0v) is 17.0. The average molecular weight is 389 g/mol. The lowest BCUT2D eigenvalue weighted by atomic mass is 9.88. The van der Waals surface area contributed by atoms with Crippen LogP contribution in [0.1, 0.15) is 36.8 Å². The highest BCUT2D eigenvalue weighted by molar-refractivity contribution is 5.55. The minimum atomic E-state index is 0.0148. The summed E-state index contributed by atoms with van der Waals surface area (Å²) in [4.78, 5) is 9.12. The molecule has 4 rings (SSSR count). The summed E-state index contributed by atoms with van der Waals surface area (Å²) in [6.07, 6.45) is 8.60. The van der Waals surface area contributed by atoms with Gasteiger partial charge in [0, 0.05) is 35.6 Å². The number of rotatable bonds is 7. The van der Waals surface area contributed by atoms with Crippen LogP contribution >= 0.6 is 0 Å². The van der Waals surface area contributed by atoms with Gasteiger partial charge in [-0.25, -0.2) is 9.97 Å². The van der Waals surface area contributed by atoms with Gasteiger partial charge in [-0.1, -0.05) is 25.0 Å². The van der Waals surface area contributed by atoms with Crippen LogP contribution in [0.25, 0.3) is 11.4 Å². The van der Waals surface area contributed by atoms with E-state index in [1.54, 1.807) is 14.2 Å². The maximum Gasteiger partial charge on any atom is 0.159 e. The molecule has 2 aromatic carbocycles. The van der Waals surface area contributed by atoms with Crippen molar-refractivity contribution in [2.45, 2.75) is 37.8 Å². The molecule has 0 saturated heterocycles. The fourth-order valence-corrected chi connectivity index (χ4v) is 4.06. The van der Waals surface area contributed by atoms with Gasteiger partial charge in [0.1, 0.15) is 11.5 Å². The van der Waals surface area contributed by atoms with Crippen LogP contribution in [0.5, 0.6) is 11.5 Å². The number of ether oxygens (including phenoxy) is 2. The molecule has 150 valence electrons. The Bertz CT molecular complexity index is 916. The molecular weight excluding hydrogens is 362 g/mol. The first kappa shape index (κ1) is 19.4. The highest BCUT2D eigenvalue weighted by Crippen LogP contribution is 2.39. The van der Waals surface area contributed by atoms with Crippen molar-refractivity contribution >= 4 is 0 Å². The van der Waals surface area contributed by atoms with Gasteiger partial charge in [-0.2, -0.15) is 0 Å². The van der Waals surface area contributed by atoms with E-state index in [9.17, 15) is 0 Å². The van der Waals surface area contributed by atoms with E-state index in [0.717, 1.165) is 47.8 Å². The average Bonchev–Trinajstić information content (AvgIpc) is 3.28. The molecule has 1 saturated carbocycles. The predicted octanol–water partition coefficient (Wildman–Crippen LogP) is 4.72. The topological polar surface area (TPSA) is 56.3 Å². The van der Waals surface area contributed by atoms with Crippen molar-refractivity contribution in [3.8, 4) is 22.9 Å². The maximum atomic E-state index is 5.31. The smallest absolute Gasteiger partial charge is 0.159 e. The summed E-state index contributed by atoms with van der Waals surface area (Å²) in [5.41, 5.74) is 3.41. The Morgan fingerprint density at radius 3 is 1.93 bits per heavy atom. The largest absolute Gasteiger partial charge is 0.497 e. The van der Waals surface area contributed by atoms with Gasteiger partial charge in [0.15, 0.2) is 5.82 Å². The Morgan fingerprint density at radius 1 is 0.828 bits per heavy atom. The van der Waals surface area contributed by atoms with Gasteiger partial charge < -0.3 is 14.8 Å². The Morgan fingerprint density at radius 2 is 1.38 bits per heavy atom. The maximum absolute atomic E-state index is 5.31. The van der Waals surface area contributed by atoms with Crippen molar-refractivity contribution in [2.24, 2.45) is 0 Å². The zero-order chi connectivity index (χ0) is 20.1. The molecule has 1 fully saturated rings. The molecule has 0 spiro atoms. The first-order valence-corrected chi connectivity index (χ1v) is 10.1. The van der Waals surface area contributed by atoms with Crippen LogP contribution in [0.15, 0.2) is 60.9 Å². The number of benzene rings is 2. The third kappa shape index (κ3) is 4.25. The molecule has 0 aliphatic heterocycles. The SMILES string of the molecule is COc1ccc(-c2ncc(CNC3(c4ccc(OC)cc4)CCCC3)cn2)cc1. The molecule has 1 heterocycles. The van der Waals surface area contributed by atoms with Crippen molar-refractivity contribution in [1.29, 1.82) is 0 Å². The minimum Gasteiger partial charge on any atom is -0.497 e. The number of nitrogens with zero attached hydrogens (tertiary/aromatic N) is 2. The fourth-order valence-electron chi connectivity index (χ4n) is 4.06. The summed E-state index contributed by atoms with van der Waals surface area (Å²) < 4.78 is 10.5. The number of hydrogen-bond donors (Lipinski definition) is 1. The quantitative estimate of drug-likeness (QED) is 0.634. The lowest BCUT2D eigenvalue weighted by molar-refractivity contribution is 0.337. The first-order chi connectivity index (χ1) is 14.2. The van der Waals surface area contributed by atoms with Crippen LogP contribution in [0.2, 0.25) is 0 Å². The molecule has 3 aromatic rings. The van der Waals surface area contributed by atoms with Gasteiger partial charge >= 0.3 is 0 Å². The zero-order valence-electron chi connectivity index (χ0n) is 17.0. The third-order valence-electron chi connectivity index (χ3n) is 5.78. The second-order valence-electron chi connectivity index (χ2n) is 7.51. The van der Waals surface area contributed by atoms with Crippen molar-refractivity contribution in [2.75, 3.05) is 14.2 Å². The lowest BCUT2D eigenvalue weighted by Crippen LogP contribution is -2.39. The molecule has 0 bridgehead atoms. The monoisotopic (exact) mass is 389 g/mol. The molecular formula is C24H27N3O2. The second kappa shape index (κ2) is 8.62. The summed E-state index contributed by atoms with van der Waals surface area (Å²) in [5, 5.41) is 3.80. The van der Waals surface area contributed by atoms with Crippen molar-refractivity contribution in [1.82, 2.24) is 15.3 Å². The number of hydrogen-bond acceptors (Lipinski definition) is 5. The molecule has 1 aliphatic carbocycles. The van der Waals surface area contributed by atoms with E-state index >= 15 is 0 Å². The molecule has 1 N–H and O–H groups in total. The molecule has 0 radical (unpaired) electrons. The molecule has 5 nitrogen and oxygen atoms in total. The van der Waals surface area contributed by atoms with E-state index in [1.165, 1.54) is 18.4 Å². The van der Waals surface area contributed by atoms with Gasteiger partial charge in [0.05, 0.1) is 14.2 Å². The molecule has 5 heteroatoms. The minimum absolute atomic E-state index is 0.0148. The van der Waals surface area contributed by atoms with Gasteiger partial charge in [-0.3, -0.25) is 0 Å². The molecule has 1 aliphatic rings. The lowest BCUT2D eigenvalue weighted by Gasteiger charge is -2.31. The van der Waals surface area contributed by atoms with Crippen LogP contribution in [0.3, 0.4) is 0 Å². The highest BCUT2D eigenvalue weighted by Gasteiger charge is 2.35. The molecule has 29 heavy (non-hydrogen) atoms. The summed E-state index contributed by atoms with van der Waals surface area (Å²) in [7, 11) is 3.37. The normalized spacial score (nSPS) is 15.2. The number of nitrogens with one attached hydrogen (secondary N) is 1. The van der Waals surface area contributed by atoms with Crippen LogP contribution in [0.4, 0.5) is 0 Å². The standard InChI is InChI=1S/C24H27N3O2/c1-28-21-9-5-19(6-10-21)23-25-15-18(16-26-23)17-27-24(13-3-4-14-24)20-7-11-22(29-2)12-8-20/h5-12,15-16,27H,3-4,13-14,17H2,1-2H3. The fraction of sp³-hybridized carbons (Fsp3) is 0.333. The molecule has 0 atom stereocenters. The van der Waals surface area contributed by atoms with Gasteiger partial charge in [0.2, 0.25) is 0 Å². The van der Waals surface area contributed by atoms with E-state index in [2.05, 4.69) is 27.4 Å². The number of aromatic nitrogens is 2. The Balaban J connectivity index is 1.46. The van der Waals surface area contributed by atoms with E-state index in [-0.39, 0.29) is 5.54 Å². The van der Waals surface area contributed by atoms with E-state index < -0.39 is 0 Å². The van der Waals surface area contributed by atoms with Crippen molar-refractivity contribution in [3.63, 3.8) is 0 Å². The first-order valence-electron chi connectivity index (χ1n) is 10.1. The number of methoxy groups -OCH3 is 2. The van der Waals surface area contributed by atoms with Crippen molar-refractivity contribution in [3.05, 3.63) is 72.1 Å². The predicted molar refractivity (Wildman–Crippen MR) is 114 cm³/mol.